The van der Waals surface area contributed by atoms with Crippen LogP contribution in [0.25, 0.3) is 17.0 Å². The van der Waals surface area contributed by atoms with Gasteiger partial charge in [0.25, 0.3) is 0 Å². The minimum atomic E-state index is 0.187. The average Bonchev–Trinajstić information content (AvgIpc) is 3.48. The number of aryl methyl sites for hydroxylation is 1. The van der Waals surface area contributed by atoms with Crippen molar-refractivity contribution in [1.29, 1.82) is 0 Å². The van der Waals surface area contributed by atoms with Crippen LogP contribution in [0.15, 0.2) is 97.3 Å². The highest BCUT2D eigenvalue weighted by Gasteiger charge is 2.27. The molecule has 2 fully saturated rings. The van der Waals surface area contributed by atoms with Crippen LogP contribution >= 0.6 is 11.6 Å². The van der Waals surface area contributed by atoms with E-state index in [1.807, 2.05) is 18.8 Å². The number of piperidine rings is 2. The fraction of sp³-hybridized carbons (Fsp3) is 0.357. The monoisotopic (exact) mass is 730 g/mol. The van der Waals surface area contributed by atoms with Crippen molar-refractivity contribution in [1.82, 2.24) is 30.4 Å². The minimum Gasteiger partial charge on any atom is -0.392 e. The number of benzene rings is 2. The van der Waals surface area contributed by atoms with Crippen LogP contribution in [-0.4, -0.2) is 53.5 Å². The fourth-order valence-corrected chi connectivity index (χ4v) is 7.91. The fourth-order valence-electron chi connectivity index (χ4n) is 7.77. The van der Waals surface area contributed by atoms with Gasteiger partial charge in [0.05, 0.1) is 17.4 Å². The van der Waals surface area contributed by atoms with Crippen molar-refractivity contribution in [3.63, 3.8) is 0 Å². The van der Waals surface area contributed by atoms with E-state index in [9.17, 15) is 0 Å². The zero-order valence-corrected chi connectivity index (χ0v) is 32.0. The highest BCUT2D eigenvalue weighted by atomic mass is 35.5. The Labute approximate surface area is 318 Å². The van der Waals surface area contributed by atoms with Crippen molar-refractivity contribution in [3.8, 4) is 0 Å². The molecule has 4 aromatic rings. The van der Waals surface area contributed by atoms with E-state index in [0.29, 0.717) is 22.7 Å². The van der Waals surface area contributed by atoms with Gasteiger partial charge in [0.15, 0.2) is 5.82 Å². The van der Waals surface area contributed by atoms with Crippen molar-refractivity contribution in [2.24, 2.45) is 13.0 Å². The van der Waals surface area contributed by atoms with E-state index < -0.39 is 0 Å². The lowest BCUT2D eigenvalue weighted by Gasteiger charge is -2.33. The third kappa shape index (κ3) is 7.78. The van der Waals surface area contributed by atoms with Gasteiger partial charge in [-0.05, 0) is 98.9 Å². The lowest BCUT2D eigenvalue weighted by Crippen LogP contribution is -2.37. The molecule has 2 unspecified atom stereocenters. The second-order valence-corrected chi connectivity index (χ2v) is 15.0. The molecular formula is C42H51ClN10. The number of hydrogen-bond donors (Lipinski definition) is 4. The van der Waals surface area contributed by atoms with Crippen molar-refractivity contribution >= 4 is 57.4 Å². The molecule has 3 aliphatic rings. The molecule has 4 N–H and O–H groups in total. The predicted molar refractivity (Wildman–Crippen MR) is 222 cm³/mol. The molecule has 2 aromatic carbocycles. The zero-order valence-electron chi connectivity index (χ0n) is 31.2. The minimum absolute atomic E-state index is 0.187. The van der Waals surface area contributed by atoms with Crippen LogP contribution < -0.4 is 31.1 Å². The van der Waals surface area contributed by atoms with Crippen LogP contribution in [0.2, 0.25) is 5.02 Å². The third-order valence-electron chi connectivity index (χ3n) is 10.9. The van der Waals surface area contributed by atoms with Crippen molar-refractivity contribution in [2.75, 3.05) is 54.2 Å². The van der Waals surface area contributed by atoms with Gasteiger partial charge in [0, 0.05) is 97.5 Å². The molecule has 0 spiro atoms. The number of nitrogens with one attached hydrogen (secondary N) is 4. The Morgan fingerprint density at radius 1 is 1.08 bits per heavy atom. The summed E-state index contributed by atoms with van der Waals surface area (Å²) >= 11 is 6.66. The first-order chi connectivity index (χ1) is 25.6. The molecule has 0 bridgehead atoms. The molecule has 2 atom stereocenters. The van der Waals surface area contributed by atoms with Gasteiger partial charge < -0.3 is 31.1 Å². The summed E-state index contributed by atoms with van der Waals surface area (Å²) in [6, 6.07) is 12.9. The molecule has 0 amide bonds. The molecule has 0 saturated carbocycles. The summed E-state index contributed by atoms with van der Waals surface area (Å²) < 4.78 is 1.99. The summed E-state index contributed by atoms with van der Waals surface area (Å²) in [7, 11) is 5.99. The number of halogens is 1. The molecular weight excluding hydrogens is 680 g/mol. The number of allylic oxidation sites excluding steroid dienone is 4. The van der Waals surface area contributed by atoms with Crippen LogP contribution in [0.1, 0.15) is 62.1 Å². The van der Waals surface area contributed by atoms with Crippen LogP contribution in [-0.2, 0) is 7.05 Å². The number of anilines is 5. The summed E-state index contributed by atoms with van der Waals surface area (Å²) in [5, 5.41) is 20.2. The van der Waals surface area contributed by atoms with E-state index in [0.717, 1.165) is 115 Å². The van der Waals surface area contributed by atoms with E-state index in [1.165, 1.54) is 17.4 Å². The van der Waals surface area contributed by atoms with Gasteiger partial charge in [-0.25, -0.2) is 4.98 Å². The van der Waals surface area contributed by atoms with Crippen LogP contribution in [0.5, 0.6) is 0 Å². The van der Waals surface area contributed by atoms with Crippen LogP contribution in [0, 0.1) is 5.92 Å². The van der Waals surface area contributed by atoms with E-state index in [4.69, 9.17) is 21.7 Å². The first-order valence-corrected chi connectivity index (χ1v) is 19.0. The summed E-state index contributed by atoms with van der Waals surface area (Å²) in [6.07, 6.45) is 10.9. The van der Waals surface area contributed by atoms with E-state index in [1.54, 1.807) is 6.20 Å². The first kappa shape index (κ1) is 36.2. The Bertz CT molecular complexity index is 2110. The molecule has 10 nitrogen and oxygen atoms in total. The summed E-state index contributed by atoms with van der Waals surface area (Å²) in [6.45, 7) is 19.5. The second kappa shape index (κ2) is 15.4. The first-order valence-electron chi connectivity index (χ1n) is 18.6. The van der Waals surface area contributed by atoms with Gasteiger partial charge in [-0.2, -0.15) is 10.1 Å². The molecule has 5 heterocycles. The smallest absolute Gasteiger partial charge is 0.227 e. The maximum atomic E-state index is 6.66. The predicted octanol–water partition coefficient (Wildman–Crippen LogP) is 8.83. The van der Waals surface area contributed by atoms with Gasteiger partial charge in [-0.15, -0.1) is 0 Å². The molecule has 3 aliphatic heterocycles. The molecule has 7 rings (SSSR count). The molecule has 2 saturated heterocycles. The summed E-state index contributed by atoms with van der Waals surface area (Å²) in [4.78, 5) is 14.0. The number of rotatable bonds is 12. The maximum absolute atomic E-state index is 6.66. The van der Waals surface area contributed by atoms with Crippen LogP contribution in [0.4, 0.5) is 28.8 Å². The number of likely N-dealkylation sites (N-methyl/N-ethyl adjacent to an activating group) is 1. The average molecular weight is 731 g/mol. The topological polar surface area (TPSA) is 98.2 Å². The number of fused-ring (bicyclic) bond motifs is 2. The van der Waals surface area contributed by atoms with E-state index in [-0.39, 0.29) is 5.92 Å². The molecule has 11 heteroatoms. The van der Waals surface area contributed by atoms with Gasteiger partial charge in [-0.3, -0.25) is 4.68 Å². The van der Waals surface area contributed by atoms with E-state index >= 15 is 0 Å². The van der Waals surface area contributed by atoms with Crippen molar-refractivity contribution < 1.29 is 0 Å². The molecule has 276 valence electrons. The second-order valence-electron chi connectivity index (χ2n) is 14.5. The molecule has 2 aromatic heterocycles. The van der Waals surface area contributed by atoms with Crippen molar-refractivity contribution in [2.45, 2.75) is 50.9 Å². The number of aromatic nitrogens is 4. The SMILES string of the molecule is C=C(CCC1=Cc2cc(Nc3nc(N4CCCC(CCNc5ccc6c(C7CCC(=C)NC7=C)nn(C)c6c5)C4)ncc3Cl)ccc2N(C)C1=C)NC. The Morgan fingerprint density at radius 2 is 1.91 bits per heavy atom. The highest BCUT2D eigenvalue weighted by molar-refractivity contribution is 6.32. The zero-order chi connectivity index (χ0) is 37.2. The number of hydrogen-bond acceptors (Lipinski definition) is 9. The highest BCUT2D eigenvalue weighted by Crippen LogP contribution is 2.39. The Balaban J connectivity index is 0.976. The lowest BCUT2D eigenvalue weighted by molar-refractivity contribution is 0.396. The third-order valence-corrected chi connectivity index (χ3v) is 11.2. The maximum Gasteiger partial charge on any atom is 0.227 e. The molecule has 0 radical (unpaired) electrons. The van der Waals surface area contributed by atoms with Gasteiger partial charge in [0.1, 0.15) is 5.02 Å². The normalized spacial score (nSPS) is 18.8. The molecule has 53 heavy (non-hydrogen) atoms. The Kier molecular flexibility index (Phi) is 10.5. The molecule has 0 aliphatic carbocycles. The van der Waals surface area contributed by atoms with Gasteiger partial charge in [0.2, 0.25) is 5.95 Å². The largest absolute Gasteiger partial charge is 0.392 e. The summed E-state index contributed by atoms with van der Waals surface area (Å²) in [5.41, 5.74) is 11.7. The standard InChI is InChI=1S/C42H51ClN10/c1-26(44-5)10-12-31-21-32-22-34(14-17-38(32)51(6)29(31)4)48-41-37(43)24-46-42(49-41)53-20-8-9-30(25-53)18-19-45-33-13-16-36-39(23-33)52(7)50-40(36)35-15-11-27(2)47-28(35)3/h13-14,16-17,21-24,30,35,44-45,47H,1-4,8-12,15,18-20,25H2,5-7H3,(H,46,48,49). The summed E-state index contributed by atoms with van der Waals surface area (Å²) in [5.74, 6) is 2.02. The van der Waals surface area contributed by atoms with Gasteiger partial charge in [-0.1, -0.05) is 37.9 Å². The Morgan fingerprint density at radius 3 is 2.72 bits per heavy atom. The Hall–Kier alpha value is -5.22. The lowest BCUT2D eigenvalue weighted by atomic mass is 9.90. The van der Waals surface area contributed by atoms with Gasteiger partial charge >= 0.3 is 0 Å². The van der Waals surface area contributed by atoms with Crippen LogP contribution in [0.3, 0.4) is 0 Å². The van der Waals surface area contributed by atoms with Crippen molar-refractivity contribution in [3.05, 3.63) is 114 Å². The quantitative estimate of drug-likeness (QED) is 0.114. The van der Waals surface area contributed by atoms with E-state index in [2.05, 4.69) is 112 Å². The number of nitrogens with zero attached hydrogens (tertiary/aromatic N) is 6.